The molecular formula is C16H13Cl2N3O2. The van der Waals surface area contributed by atoms with E-state index in [1.54, 1.807) is 6.07 Å². The maximum atomic E-state index is 11.7. The molecule has 0 atom stereocenters. The zero-order valence-electron chi connectivity index (χ0n) is 11.9. The quantitative estimate of drug-likeness (QED) is 0.505. The van der Waals surface area contributed by atoms with Crippen molar-refractivity contribution in [2.24, 2.45) is 5.10 Å². The highest BCUT2D eigenvalue weighted by Crippen LogP contribution is 2.25. The van der Waals surface area contributed by atoms with Crippen LogP contribution in [0.25, 0.3) is 0 Å². The van der Waals surface area contributed by atoms with Crippen molar-refractivity contribution in [3.8, 4) is 0 Å². The highest BCUT2D eigenvalue weighted by Gasteiger charge is 2.14. The molecule has 0 spiro atoms. The van der Waals surface area contributed by atoms with Gasteiger partial charge in [-0.25, -0.2) is 5.43 Å². The van der Waals surface area contributed by atoms with Crippen molar-refractivity contribution in [1.29, 1.82) is 0 Å². The van der Waals surface area contributed by atoms with Crippen LogP contribution in [0.3, 0.4) is 0 Å². The molecule has 2 amide bonds. The van der Waals surface area contributed by atoms with E-state index in [4.69, 9.17) is 23.2 Å². The van der Waals surface area contributed by atoms with Gasteiger partial charge in [0.2, 0.25) is 0 Å². The molecule has 118 valence electrons. The first-order valence-electron chi connectivity index (χ1n) is 6.68. The van der Waals surface area contributed by atoms with Gasteiger partial charge in [-0.15, -0.1) is 0 Å². The summed E-state index contributed by atoms with van der Waals surface area (Å²) in [6.45, 7) is 0. The van der Waals surface area contributed by atoms with E-state index in [0.717, 1.165) is 5.56 Å². The van der Waals surface area contributed by atoms with Gasteiger partial charge in [-0.05, 0) is 23.8 Å². The van der Waals surface area contributed by atoms with Crippen LogP contribution in [0.5, 0.6) is 0 Å². The van der Waals surface area contributed by atoms with Gasteiger partial charge < -0.3 is 5.32 Å². The second-order valence-corrected chi connectivity index (χ2v) is 5.36. The van der Waals surface area contributed by atoms with Crippen LogP contribution in [0.4, 0.5) is 5.69 Å². The Morgan fingerprint density at radius 2 is 1.78 bits per heavy atom. The van der Waals surface area contributed by atoms with Crippen molar-refractivity contribution < 1.29 is 9.59 Å². The summed E-state index contributed by atoms with van der Waals surface area (Å²) in [5.41, 5.74) is 3.45. The van der Waals surface area contributed by atoms with Gasteiger partial charge in [0.1, 0.15) is 0 Å². The van der Waals surface area contributed by atoms with Gasteiger partial charge in [-0.3, -0.25) is 9.59 Å². The molecule has 0 saturated heterocycles. The van der Waals surface area contributed by atoms with E-state index >= 15 is 0 Å². The second kappa shape index (κ2) is 8.31. The average molecular weight is 350 g/mol. The fourth-order valence-electron chi connectivity index (χ4n) is 1.69. The van der Waals surface area contributed by atoms with Gasteiger partial charge in [-0.1, -0.05) is 53.5 Å². The Balaban J connectivity index is 1.85. The summed E-state index contributed by atoms with van der Waals surface area (Å²) in [4.78, 5) is 23.4. The van der Waals surface area contributed by atoms with Crippen molar-refractivity contribution in [2.45, 2.75) is 6.42 Å². The summed E-state index contributed by atoms with van der Waals surface area (Å²) < 4.78 is 0. The molecule has 0 aliphatic rings. The van der Waals surface area contributed by atoms with Gasteiger partial charge in [0.25, 0.3) is 0 Å². The SMILES string of the molecule is O=C(N/N=C/Cc1ccccc1)C(=O)Nc1cc(Cl)ccc1Cl. The summed E-state index contributed by atoms with van der Waals surface area (Å²) >= 11 is 11.7. The van der Waals surface area contributed by atoms with E-state index in [2.05, 4.69) is 15.8 Å². The number of benzene rings is 2. The first-order valence-corrected chi connectivity index (χ1v) is 7.43. The normalized spacial score (nSPS) is 10.5. The Morgan fingerprint density at radius 3 is 2.52 bits per heavy atom. The number of hydrogen-bond donors (Lipinski definition) is 2. The van der Waals surface area contributed by atoms with Gasteiger partial charge in [-0.2, -0.15) is 5.10 Å². The molecule has 0 heterocycles. The van der Waals surface area contributed by atoms with Gasteiger partial charge >= 0.3 is 11.8 Å². The zero-order chi connectivity index (χ0) is 16.7. The zero-order valence-corrected chi connectivity index (χ0v) is 13.4. The van der Waals surface area contributed by atoms with Gasteiger partial charge in [0.05, 0.1) is 10.7 Å². The Labute approximate surface area is 143 Å². The lowest BCUT2D eigenvalue weighted by molar-refractivity contribution is -0.136. The average Bonchev–Trinajstić information content (AvgIpc) is 2.55. The lowest BCUT2D eigenvalue weighted by Crippen LogP contribution is -2.32. The van der Waals surface area contributed by atoms with E-state index in [9.17, 15) is 9.59 Å². The molecule has 2 aromatic rings. The van der Waals surface area contributed by atoms with E-state index in [1.165, 1.54) is 18.3 Å². The number of nitrogens with one attached hydrogen (secondary N) is 2. The molecule has 0 radical (unpaired) electrons. The third-order valence-electron chi connectivity index (χ3n) is 2.81. The van der Waals surface area contributed by atoms with E-state index in [0.29, 0.717) is 11.4 Å². The topological polar surface area (TPSA) is 70.6 Å². The summed E-state index contributed by atoms with van der Waals surface area (Å²) in [5, 5.41) is 6.77. The van der Waals surface area contributed by atoms with Crippen LogP contribution < -0.4 is 10.7 Å². The lowest BCUT2D eigenvalue weighted by atomic mass is 10.2. The van der Waals surface area contributed by atoms with E-state index < -0.39 is 11.8 Å². The molecule has 0 aliphatic carbocycles. The molecule has 7 heteroatoms. The Bertz CT molecular complexity index is 733. The molecule has 0 bridgehead atoms. The van der Waals surface area contributed by atoms with Crippen LogP contribution in [0.1, 0.15) is 5.56 Å². The number of amides is 2. The number of carbonyl (C=O) groups excluding carboxylic acids is 2. The van der Waals surface area contributed by atoms with Gasteiger partial charge in [0, 0.05) is 17.7 Å². The molecule has 23 heavy (non-hydrogen) atoms. The first kappa shape index (κ1) is 17.0. The molecule has 0 saturated carbocycles. The van der Waals surface area contributed by atoms with Crippen LogP contribution in [0, 0.1) is 0 Å². The molecule has 2 N–H and O–H groups in total. The number of nitrogens with zero attached hydrogens (tertiary/aromatic N) is 1. The predicted octanol–water partition coefficient (Wildman–Crippen LogP) is 3.28. The number of hydrogen-bond acceptors (Lipinski definition) is 3. The van der Waals surface area contributed by atoms with Crippen molar-refractivity contribution >= 4 is 46.9 Å². The maximum absolute atomic E-state index is 11.7. The third kappa shape index (κ3) is 5.39. The van der Waals surface area contributed by atoms with Crippen LogP contribution >= 0.6 is 23.2 Å². The molecule has 5 nitrogen and oxygen atoms in total. The minimum atomic E-state index is -0.898. The van der Waals surface area contributed by atoms with E-state index in [-0.39, 0.29) is 10.7 Å². The lowest BCUT2D eigenvalue weighted by Gasteiger charge is -2.06. The minimum absolute atomic E-state index is 0.257. The van der Waals surface area contributed by atoms with Crippen LogP contribution in [-0.2, 0) is 16.0 Å². The Morgan fingerprint density at radius 1 is 1.04 bits per heavy atom. The summed E-state index contributed by atoms with van der Waals surface area (Å²) in [7, 11) is 0. The molecule has 0 fully saturated rings. The highest BCUT2D eigenvalue weighted by molar-refractivity contribution is 6.42. The first-order chi connectivity index (χ1) is 11.1. The maximum Gasteiger partial charge on any atom is 0.329 e. The number of anilines is 1. The number of hydrazone groups is 1. The van der Waals surface area contributed by atoms with Crippen LogP contribution in [0.2, 0.25) is 10.0 Å². The number of rotatable bonds is 4. The number of halogens is 2. The van der Waals surface area contributed by atoms with Crippen molar-refractivity contribution in [3.05, 3.63) is 64.1 Å². The fraction of sp³-hybridized carbons (Fsp3) is 0.0625. The van der Waals surface area contributed by atoms with Crippen molar-refractivity contribution in [1.82, 2.24) is 5.43 Å². The highest BCUT2D eigenvalue weighted by atomic mass is 35.5. The van der Waals surface area contributed by atoms with Crippen molar-refractivity contribution in [3.63, 3.8) is 0 Å². The summed E-state index contributed by atoms with van der Waals surface area (Å²) in [6.07, 6.45) is 2.05. The fourth-order valence-corrected chi connectivity index (χ4v) is 2.03. The molecular weight excluding hydrogens is 337 g/mol. The molecule has 2 rings (SSSR count). The molecule has 0 unspecified atom stereocenters. The second-order valence-electron chi connectivity index (χ2n) is 4.52. The van der Waals surface area contributed by atoms with Gasteiger partial charge in [0.15, 0.2) is 0 Å². The largest absolute Gasteiger partial charge is 0.329 e. The smallest absolute Gasteiger partial charge is 0.316 e. The monoisotopic (exact) mass is 349 g/mol. The standard InChI is InChI=1S/C16H13Cl2N3O2/c17-12-6-7-13(18)14(10-12)20-15(22)16(23)21-19-9-8-11-4-2-1-3-5-11/h1-7,9-10H,8H2,(H,20,22)(H,21,23)/b19-9+. The predicted molar refractivity (Wildman–Crippen MR) is 91.9 cm³/mol. The Kier molecular flexibility index (Phi) is 6.14. The van der Waals surface area contributed by atoms with E-state index in [1.807, 2.05) is 30.3 Å². The summed E-state index contributed by atoms with van der Waals surface area (Å²) in [5.74, 6) is -1.78. The summed E-state index contributed by atoms with van der Waals surface area (Å²) in [6, 6.07) is 14.1. The molecule has 2 aromatic carbocycles. The van der Waals surface area contributed by atoms with Crippen LogP contribution in [-0.4, -0.2) is 18.0 Å². The number of carbonyl (C=O) groups is 2. The molecule has 0 aliphatic heterocycles. The minimum Gasteiger partial charge on any atom is -0.316 e. The molecule has 0 aromatic heterocycles. The third-order valence-corrected chi connectivity index (χ3v) is 3.37. The van der Waals surface area contributed by atoms with Crippen molar-refractivity contribution in [2.75, 3.05) is 5.32 Å². The Hall–Kier alpha value is -2.37. The van der Waals surface area contributed by atoms with Crippen LogP contribution in [0.15, 0.2) is 53.6 Å².